The Morgan fingerprint density at radius 3 is 2.37 bits per heavy atom. The first-order valence-electron chi connectivity index (χ1n) is 8.93. The van der Waals surface area contributed by atoms with Crippen LogP contribution >= 0.6 is 0 Å². The van der Waals surface area contributed by atoms with E-state index < -0.39 is 10.0 Å². The Morgan fingerprint density at radius 1 is 1.04 bits per heavy atom. The Kier molecular flexibility index (Phi) is 5.83. The molecule has 1 aliphatic rings. The minimum absolute atomic E-state index is 0.225. The Balaban J connectivity index is 1.66. The number of rotatable bonds is 5. The first-order valence-corrected chi connectivity index (χ1v) is 10.4. The molecule has 146 valence electrons. The van der Waals surface area contributed by atoms with Gasteiger partial charge in [-0.2, -0.15) is 4.31 Å². The van der Waals surface area contributed by atoms with Gasteiger partial charge >= 0.3 is 0 Å². The summed E-state index contributed by atoms with van der Waals surface area (Å²) in [5.41, 5.74) is 2.54. The number of hydrogen-bond donors (Lipinski definition) is 0. The molecule has 7 heteroatoms. The Labute approximate surface area is 160 Å². The second-order valence-corrected chi connectivity index (χ2v) is 8.82. The molecule has 1 aliphatic heterocycles. The quantitative estimate of drug-likeness (QED) is 0.785. The van der Waals surface area contributed by atoms with Crippen molar-refractivity contribution in [3.8, 4) is 5.75 Å². The van der Waals surface area contributed by atoms with Crippen molar-refractivity contribution in [2.24, 2.45) is 0 Å². The lowest BCUT2D eigenvalue weighted by Gasteiger charge is -2.34. The van der Waals surface area contributed by atoms with Gasteiger partial charge in [0, 0.05) is 32.7 Å². The lowest BCUT2D eigenvalue weighted by atomic mass is 10.2. The maximum absolute atomic E-state index is 13.9. The molecule has 2 aromatic carbocycles. The van der Waals surface area contributed by atoms with E-state index in [1.807, 2.05) is 32.0 Å². The molecule has 0 unspecified atom stereocenters. The van der Waals surface area contributed by atoms with Crippen LogP contribution < -0.4 is 4.74 Å². The first kappa shape index (κ1) is 19.8. The van der Waals surface area contributed by atoms with E-state index in [1.165, 1.54) is 13.2 Å². The normalized spacial score (nSPS) is 16.4. The van der Waals surface area contributed by atoms with Crippen LogP contribution in [0.1, 0.15) is 16.7 Å². The van der Waals surface area contributed by atoms with Gasteiger partial charge in [0.2, 0.25) is 10.0 Å². The van der Waals surface area contributed by atoms with Gasteiger partial charge in [-0.05, 0) is 48.7 Å². The molecule has 0 aromatic heterocycles. The predicted octanol–water partition coefficient (Wildman–Crippen LogP) is 2.96. The Hall–Kier alpha value is -1.96. The van der Waals surface area contributed by atoms with Crippen LogP contribution in [0.5, 0.6) is 5.75 Å². The number of halogens is 1. The van der Waals surface area contributed by atoms with Crippen LogP contribution in [0.2, 0.25) is 0 Å². The Bertz CT molecular complexity index is 923. The second-order valence-electron chi connectivity index (χ2n) is 6.92. The van der Waals surface area contributed by atoms with E-state index in [9.17, 15) is 12.8 Å². The smallest absolute Gasteiger partial charge is 0.243 e. The van der Waals surface area contributed by atoms with Crippen molar-refractivity contribution in [3.63, 3.8) is 0 Å². The monoisotopic (exact) mass is 392 g/mol. The van der Waals surface area contributed by atoms with Gasteiger partial charge in [-0.1, -0.05) is 18.2 Å². The highest BCUT2D eigenvalue weighted by Crippen LogP contribution is 2.23. The number of aryl methyl sites for hydroxylation is 2. The third-order valence-electron chi connectivity index (χ3n) is 4.92. The van der Waals surface area contributed by atoms with Crippen molar-refractivity contribution in [3.05, 3.63) is 58.9 Å². The van der Waals surface area contributed by atoms with Crippen LogP contribution in [0.3, 0.4) is 0 Å². The molecule has 0 saturated carbocycles. The highest BCUT2D eigenvalue weighted by atomic mass is 32.2. The summed E-state index contributed by atoms with van der Waals surface area (Å²) in [7, 11) is -2.06. The summed E-state index contributed by atoms with van der Waals surface area (Å²) < 4.78 is 46.3. The zero-order valence-corrected chi connectivity index (χ0v) is 16.7. The average Bonchev–Trinajstić information content (AvgIpc) is 2.64. The van der Waals surface area contributed by atoms with Gasteiger partial charge in [0.05, 0.1) is 12.0 Å². The molecule has 2 aromatic rings. The topological polar surface area (TPSA) is 49.9 Å². The summed E-state index contributed by atoms with van der Waals surface area (Å²) in [6.45, 7) is 6.36. The fourth-order valence-corrected chi connectivity index (χ4v) is 5.05. The molecule has 0 N–H and O–H groups in total. The summed E-state index contributed by atoms with van der Waals surface area (Å²) in [6.07, 6.45) is 0. The molecule has 3 rings (SSSR count). The molecule has 0 spiro atoms. The fraction of sp³-hybridized carbons (Fsp3) is 0.400. The minimum Gasteiger partial charge on any atom is -0.494 e. The van der Waals surface area contributed by atoms with Gasteiger partial charge < -0.3 is 4.74 Å². The summed E-state index contributed by atoms with van der Waals surface area (Å²) in [5, 5.41) is 0. The van der Waals surface area contributed by atoms with E-state index in [0.717, 1.165) is 16.7 Å². The van der Waals surface area contributed by atoms with Crippen LogP contribution in [0.15, 0.2) is 41.3 Å². The van der Waals surface area contributed by atoms with E-state index in [1.54, 1.807) is 16.4 Å². The predicted molar refractivity (Wildman–Crippen MR) is 103 cm³/mol. The number of benzene rings is 2. The number of piperazine rings is 1. The molecule has 27 heavy (non-hydrogen) atoms. The number of ether oxygens (including phenoxy) is 1. The second kappa shape index (κ2) is 7.96. The van der Waals surface area contributed by atoms with E-state index in [2.05, 4.69) is 4.90 Å². The number of hydrogen-bond acceptors (Lipinski definition) is 4. The summed E-state index contributed by atoms with van der Waals surface area (Å²) in [6, 6.07) is 10.4. The molecule has 0 bridgehead atoms. The highest BCUT2D eigenvalue weighted by Gasteiger charge is 2.29. The molecule has 0 radical (unpaired) electrons. The van der Waals surface area contributed by atoms with Crippen molar-refractivity contribution in [1.82, 2.24) is 9.21 Å². The molecule has 0 aliphatic carbocycles. The lowest BCUT2D eigenvalue weighted by molar-refractivity contribution is 0.181. The Morgan fingerprint density at radius 2 is 1.74 bits per heavy atom. The van der Waals surface area contributed by atoms with Crippen LogP contribution in [0, 0.1) is 19.7 Å². The third-order valence-corrected chi connectivity index (χ3v) is 6.96. The van der Waals surface area contributed by atoms with Gasteiger partial charge in [-0.25, -0.2) is 12.8 Å². The van der Waals surface area contributed by atoms with Crippen LogP contribution in [-0.2, 0) is 16.6 Å². The van der Waals surface area contributed by atoms with Gasteiger partial charge in [-0.3, -0.25) is 4.90 Å². The standard InChI is InChI=1S/C20H25FN2O3S/c1-15-4-5-16(2)20(12-15)27(24,25)23-10-8-22(9-11-23)14-17-6-7-19(26-3)18(21)13-17/h4-7,12-13H,8-11,14H2,1-3H3. The van der Waals surface area contributed by atoms with E-state index >= 15 is 0 Å². The molecular formula is C20H25FN2O3S. The zero-order valence-electron chi connectivity index (χ0n) is 15.9. The average molecular weight is 392 g/mol. The van der Waals surface area contributed by atoms with Gasteiger partial charge in [0.25, 0.3) is 0 Å². The maximum atomic E-state index is 13.9. The highest BCUT2D eigenvalue weighted by molar-refractivity contribution is 7.89. The molecule has 0 atom stereocenters. The molecule has 0 amide bonds. The molecule has 5 nitrogen and oxygen atoms in total. The molecule has 1 fully saturated rings. The number of nitrogens with zero attached hydrogens (tertiary/aromatic N) is 2. The number of methoxy groups -OCH3 is 1. The van der Waals surface area contributed by atoms with Crippen molar-refractivity contribution < 1.29 is 17.5 Å². The van der Waals surface area contributed by atoms with E-state index in [4.69, 9.17) is 4.74 Å². The fourth-order valence-electron chi connectivity index (χ4n) is 3.32. The largest absolute Gasteiger partial charge is 0.494 e. The van der Waals surface area contributed by atoms with Gasteiger partial charge in [0.1, 0.15) is 0 Å². The number of sulfonamides is 1. The van der Waals surface area contributed by atoms with Crippen molar-refractivity contribution in [2.75, 3.05) is 33.3 Å². The van der Waals surface area contributed by atoms with E-state index in [-0.39, 0.29) is 11.6 Å². The van der Waals surface area contributed by atoms with Gasteiger partial charge in [-0.15, -0.1) is 0 Å². The van der Waals surface area contributed by atoms with Crippen molar-refractivity contribution in [2.45, 2.75) is 25.3 Å². The molecule has 1 heterocycles. The molecular weight excluding hydrogens is 367 g/mol. The van der Waals surface area contributed by atoms with Gasteiger partial charge in [0.15, 0.2) is 11.6 Å². The minimum atomic E-state index is -3.50. The molecule has 1 saturated heterocycles. The zero-order chi connectivity index (χ0) is 19.6. The van der Waals surface area contributed by atoms with E-state index in [0.29, 0.717) is 37.6 Å². The SMILES string of the molecule is COc1ccc(CN2CCN(S(=O)(=O)c3cc(C)ccc3C)CC2)cc1F. The lowest BCUT2D eigenvalue weighted by Crippen LogP contribution is -2.48. The first-order chi connectivity index (χ1) is 12.8. The maximum Gasteiger partial charge on any atom is 0.243 e. The third kappa shape index (κ3) is 4.31. The van der Waals surface area contributed by atoms with Crippen molar-refractivity contribution >= 4 is 10.0 Å². The van der Waals surface area contributed by atoms with Crippen LogP contribution in [0.25, 0.3) is 0 Å². The summed E-state index contributed by atoms with van der Waals surface area (Å²) >= 11 is 0. The summed E-state index contributed by atoms with van der Waals surface area (Å²) in [5.74, 6) is -0.158. The van der Waals surface area contributed by atoms with Crippen LogP contribution in [-0.4, -0.2) is 50.9 Å². The van der Waals surface area contributed by atoms with Crippen LogP contribution in [0.4, 0.5) is 4.39 Å². The summed E-state index contributed by atoms with van der Waals surface area (Å²) in [4.78, 5) is 2.52. The van der Waals surface area contributed by atoms with Crippen molar-refractivity contribution in [1.29, 1.82) is 0 Å².